The topological polar surface area (TPSA) is 24.9 Å². The minimum absolute atomic E-state index is 0.692. The summed E-state index contributed by atoms with van der Waals surface area (Å²) in [5.41, 5.74) is 2.99. The predicted molar refractivity (Wildman–Crippen MR) is 78.0 cm³/mol. The Hall–Kier alpha value is -0.800. The van der Waals surface area contributed by atoms with Gasteiger partial charge in [0, 0.05) is 28.3 Å². The van der Waals surface area contributed by atoms with Crippen LogP contribution in [0.3, 0.4) is 0 Å². The molecule has 0 aliphatic heterocycles. The largest absolute Gasteiger partial charge is 0.387 e. The number of aryl methyl sites for hydroxylation is 1. The van der Waals surface area contributed by atoms with Gasteiger partial charge in [-0.2, -0.15) is 0 Å². The van der Waals surface area contributed by atoms with E-state index in [9.17, 15) is 0 Å². The van der Waals surface area contributed by atoms with Crippen LogP contribution < -0.4 is 5.32 Å². The van der Waals surface area contributed by atoms with Crippen molar-refractivity contribution in [3.63, 3.8) is 0 Å². The van der Waals surface area contributed by atoms with Crippen LogP contribution in [0.1, 0.15) is 19.0 Å². The lowest BCUT2D eigenvalue weighted by molar-refractivity contribution is 0.890. The molecule has 0 bridgehead atoms. The molecule has 90 valence electrons. The predicted octanol–water partition coefficient (Wildman–Crippen LogP) is 4.64. The van der Waals surface area contributed by atoms with Crippen LogP contribution in [0.2, 0.25) is 5.02 Å². The average Bonchev–Trinajstić information content (AvgIpc) is 2.33. The summed E-state index contributed by atoms with van der Waals surface area (Å²) in [7, 11) is 1.91. The standard InChI is InChI=1S/C13H14BrClN2/c1-3-4-8-7-11(16-2)12-9(14)5-6-10(15)13(12)17-8/h5-7H,3-4H2,1-2H3,(H,16,17). The summed E-state index contributed by atoms with van der Waals surface area (Å²) in [5.74, 6) is 0. The van der Waals surface area contributed by atoms with E-state index in [1.54, 1.807) is 0 Å². The normalized spacial score (nSPS) is 10.8. The quantitative estimate of drug-likeness (QED) is 0.892. The van der Waals surface area contributed by atoms with Crippen LogP contribution in [-0.2, 0) is 6.42 Å². The second kappa shape index (κ2) is 5.23. The van der Waals surface area contributed by atoms with Crippen molar-refractivity contribution < 1.29 is 0 Å². The Bertz CT molecular complexity index is 555. The second-order valence-corrected chi connectivity index (χ2v) is 5.18. The molecule has 0 atom stereocenters. The second-order valence-electron chi connectivity index (χ2n) is 3.91. The first-order valence-electron chi connectivity index (χ1n) is 5.62. The highest BCUT2D eigenvalue weighted by atomic mass is 79.9. The molecule has 0 amide bonds. The minimum Gasteiger partial charge on any atom is -0.387 e. The van der Waals surface area contributed by atoms with Gasteiger partial charge in [-0.3, -0.25) is 4.98 Å². The molecule has 2 nitrogen and oxygen atoms in total. The van der Waals surface area contributed by atoms with Crippen LogP contribution in [0.4, 0.5) is 5.69 Å². The molecule has 1 aromatic carbocycles. The first-order chi connectivity index (χ1) is 8.17. The Morgan fingerprint density at radius 1 is 1.41 bits per heavy atom. The van der Waals surface area contributed by atoms with Gasteiger partial charge in [0.1, 0.15) is 0 Å². The molecular weight excluding hydrogens is 300 g/mol. The number of hydrogen-bond donors (Lipinski definition) is 1. The summed E-state index contributed by atoms with van der Waals surface area (Å²) in [6.07, 6.45) is 2.04. The van der Waals surface area contributed by atoms with E-state index in [0.717, 1.165) is 39.6 Å². The summed E-state index contributed by atoms with van der Waals surface area (Å²) >= 11 is 9.77. The number of aromatic nitrogens is 1. The molecule has 0 fully saturated rings. The molecule has 4 heteroatoms. The Kier molecular flexibility index (Phi) is 3.89. The first-order valence-corrected chi connectivity index (χ1v) is 6.79. The van der Waals surface area contributed by atoms with Gasteiger partial charge in [-0.15, -0.1) is 0 Å². The lowest BCUT2D eigenvalue weighted by Crippen LogP contribution is -1.97. The number of pyridine rings is 1. The Balaban J connectivity index is 2.77. The third-order valence-electron chi connectivity index (χ3n) is 2.69. The van der Waals surface area contributed by atoms with E-state index >= 15 is 0 Å². The maximum Gasteiger partial charge on any atom is 0.0923 e. The van der Waals surface area contributed by atoms with Gasteiger partial charge in [-0.1, -0.05) is 40.9 Å². The molecule has 0 saturated carbocycles. The van der Waals surface area contributed by atoms with Crippen molar-refractivity contribution >= 4 is 44.1 Å². The van der Waals surface area contributed by atoms with Crippen LogP contribution >= 0.6 is 27.5 Å². The van der Waals surface area contributed by atoms with E-state index < -0.39 is 0 Å². The van der Waals surface area contributed by atoms with E-state index in [2.05, 4.69) is 39.2 Å². The van der Waals surface area contributed by atoms with Gasteiger partial charge in [0.05, 0.1) is 10.5 Å². The van der Waals surface area contributed by atoms with Crippen molar-refractivity contribution in [1.29, 1.82) is 0 Å². The highest BCUT2D eigenvalue weighted by Crippen LogP contribution is 2.34. The summed E-state index contributed by atoms with van der Waals surface area (Å²) in [6.45, 7) is 2.15. The average molecular weight is 314 g/mol. The van der Waals surface area contributed by atoms with E-state index in [1.165, 1.54) is 0 Å². The number of fused-ring (bicyclic) bond motifs is 1. The minimum atomic E-state index is 0.692. The molecule has 1 aromatic heterocycles. The van der Waals surface area contributed by atoms with Crippen molar-refractivity contribution in [1.82, 2.24) is 4.98 Å². The van der Waals surface area contributed by atoms with Crippen molar-refractivity contribution in [2.45, 2.75) is 19.8 Å². The van der Waals surface area contributed by atoms with Crippen LogP contribution in [0.15, 0.2) is 22.7 Å². The molecule has 0 unspecified atom stereocenters. The molecule has 2 aromatic rings. The molecule has 0 spiro atoms. The molecule has 1 heterocycles. The number of anilines is 1. The Morgan fingerprint density at radius 3 is 2.82 bits per heavy atom. The molecule has 1 N–H and O–H groups in total. The number of benzene rings is 1. The van der Waals surface area contributed by atoms with Crippen molar-refractivity contribution in [2.24, 2.45) is 0 Å². The van der Waals surface area contributed by atoms with E-state index in [0.29, 0.717) is 5.02 Å². The first kappa shape index (κ1) is 12.7. The number of hydrogen-bond acceptors (Lipinski definition) is 2. The highest BCUT2D eigenvalue weighted by Gasteiger charge is 2.10. The fourth-order valence-electron chi connectivity index (χ4n) is 1.90. The van der Waals surface area contributed by atoms with E-state index in [4.69, 9.17) is 11.6 Å². The van der Waals surface area contributed by atoms with Gasteiger partial charge >= 0.3 is 0 Å². The molecule has 17 heavy (non-hydrogen) atoms. The highest BCUT2D eigenvalue weighted by molar-refractivity contribution is 9.10. The summed E-state index contributed by atoms with van der Waals surface area (Å²) in [4.78, 5) is 4.63. The summed E-state index contributed by atoms with van der Waals surface area (Å²) < 4.78 is 1.01. The van der Waals surface area contributed by atoms with Gasteiger partial charge in [0.2, 0.25) is 0 Å². The number of halogens is 2. The van der Waals surface area contributed by atoms with Gasteiger partial charge in [-0.25, -0.2) is 0 Å². The third-order valence-corrected chi connectivity index (χ3v) is 3.65. The number of nitrogens with one attached hydrogen (secondary N) is 1. The Morgan fingerprint density at radius 2 is 2.18 bits per heavy atom. The van der Waals surface area contributed by atoms with Crippen LogP contribution in [0.5, 0.6) is 0 Å². The molecule has 0 radical (unpaired) electrons. The van der Waals surface area contributed by atoms with Gasteiger partial charge in [0.15, 0.2) is 0 Å². The monoisotopic (exact) mass is 312 g/mol. The zero-order valence-corrected chi connectivity index (χ0v) is 12.2. The smallest absolute Gasteiger partial charge is 0.0923 e. The number of nitrogens with zero attached hydrogens (tertiary/aromatic N) is 1. The molecule has 2 rings (SSSR count). The van der Waals surface area contributed by atoms with Crippen molar-refractivity contribution in [2.75, 3.05) is 12.4 Å². The van der Waals surface area contributed by atoms with E-state index in [1.807, 2.05) is 19.2 Å². The maximum absolute atomic E-state index is 6.22. The summed E-state index contributed by atoms with van der Waals surface area (Å²) in [5, 5.41) is 4.94. The van der Waals surface area contributed by atoms with E-state index in [-0.39, 0.29) is 0 Å². The van der Waals surface area contributed by atoms with Gasteiger partial charge < -0.3 is 5.32 Å². The Labute approximate surface area is 115 Å². The fraction of sp³-hybridized carbons (Fsp3) is 0.308. The lowest BCUT2D eigenvalue weighted by Gasteiger charge is -2.11. The van der Waals surface area contributed by atoms with Crippen LogP contribution in [-0.4, -0.2) is 12.0 Å². The lowest BCUT2D eigenvalue weighted by atomic mass is 10.1. The zero-order chi connectivity index (χ0) is 12.4. The molecule has 0 aliphatic rings. The molecule has 0 aliphatic carbocycles. The zero-order valence-electron chi connectivity index (χ0n) is 9.85. The molecule has 0 saturated heterocycles. The van der Waals surface area contributed by atoms with Gasteiger partial charge in [0.25, 0.3) is 0 Å². The SMILES string of the molecule is CCCc1cc(NC)c2c(Br)ccc(Cl)c2n1. The molecular formula is C13H14BrClN2. The fourth-order valence-corrected chi connectivity index (χ4v) is 2.64. The van der Waals surface area contributed by atoms with Crippen LogP contribution in [0, 0.1) is 0 Å². The van der Waals surface area contributed by atoms with Crippen molar-refractivity contribution in [3.8, 4) is 0 Å². The van der Waals surface area contributed by atoms with Crippen molar-refractivity contribution in [3.05, 3.63) is 33.4 Å². The number of rotatable bonds is 3. The summed E-state index contributed by atoms with van der Waals surface area (Å²) in [6, 6.07) is 5.91. The maximum atomic E-state index is 6.22. The van der Waals surface area contributed by atoms with Crippen LogP contribution in [0.25, 0.3) is 10.9 Å². The third kappa shape index (κ3) is 2.40. The van der Waals surface area contributed by atoms with Gasteiger partial charge in [-0.05, 0) is 24.6 Å².